The predicted octanol–water partition coefficient (Wildman–Crippen LogP) is -1.34. The summed E-state index contributed by atoms with van der Waals surface area (Å²) in [7, 11) is 4.56. The molecule has 26 valence electrons. The Bertz CT molecular complexity index is 6.00. The molecule has 0 aliphatic carbocycles. The van der Waals surface area contributed by atoms with Crippen LogP contribution in [0.5, 0.6) is 0 Å². The molecule has 0 aliphatic heterocycles. The maximum atomic E-state index is 4.56. The van der Waals surface area contributed by atoms with E-state index in [1.54, 1.807) is 0 Å². The van der Waals surface area contributed by atoms with Gasteiger partial charge in [0.1, 0.15) is 0 Å². The second-order valence-electron chi connectivity index (χ2n) is 0. The van der Waals surface area contributed by atoms with E-state index in [4.69, 9.17) is 0 Å². The number of halogens is 1. The number of rotatable bonds is 0. The summed E-state index contributed by atoms with van der Waals surface area (Å²) in [5, 5.41) is 0. The molecule has 4 heavy (non-hydrogen) atoms. The lowest BCUT2D eigenvalue weighted by atomic mass is 16.0. The molecule has 0 aromatic heterocycles. The topological polar surface area (TPSA) is 63.0 Å². The summed E-state index contributed by atoms with van der Waals surface area (Å²) in [6.07, 6.45) is 0. The standard InChI is InChI=1S/Al.ClH.2H2O/h;1H;2*1H2/q+1;;;/p-1. The zero-order chi connectivity index (χ0) is 2.00. The van der Waals surface area contributed by atoms with Gasteiger partial charge in [0.2, 0.25) is 0 Å². The third kappa shape index (κ3) is 15.1. The fourth-order valence-electron chi connectivity index (χ4n) is 0. The molecule has 2 nitrogen and oxygen atoms in total. The third-order valence-electron chi connectivity index (χ3n) is 0. The van der Waals surface area contributed by atoms with Gasteiger partial charge in [-0.1, -0.05) is 0 Å². The minimum Gasteiger partial charge on any atom is -0.412 e. The number of hydrogen-bond acceptors (Lipinski definition) is 0. The maximum Gasteiger partial charge on any atom is 0.293 e. The maximum absolute atomic E-state index is 4.56. The van der Waals surface area contributed by atoms with E-state index in [0.717, 1.165) is 0 Å². The molecule has 0 spiro atoms. The molecule has 0 aromatic carbocycles. The summed E-state index contributed by atoms with van der Waals surface area (Å²) in [5.41, 5.74) is 0. The summed E-state index contributed by atoms with van der Waals surface area (Å²) < 4.78 is 0. The van der Waals surface area contributed by atoms with E-state index >= 15 is 0 Å². The Morgan fingerprint density at radius 1 is 1.00 bits per heavy atom. The fourth-order valence-corrected chi connectivity index (χ4v) is 0. The number of hydrogen-bond donors (Lipinski definition) is 0. The highest BCUT2D eigenvalue weighted by Crippen LogP contribution is 1.29. The van der Waals surface area contributed by atoms with E-state index in [0.29, 0.717) is 0 Å². The summed E-state index contributed by atoms with van der Waals surface area (Å²) in [6.45, 7) is 0. The molecule has 4 N–H and O–H groups in total. The molecule has 0 bridgehead atoms. The monoisotopic (exact) mass is 98.0 g/mol. The van der Waals surface area contributed by atoms with Crippen LogP contribution >= 0.6 is 10.0 Å². The molecule has 4 heteroatoms. The molecule has 0 saturated heterocycles. The van der Waals surface area contributed by atoms with E-state index in [9.17, 15) is 0 Å². The molecule has 0 aliphatic rings. The molecule has 0 saturated carbocycles. The first kappa shape index (κ1) is 21.9. The minimum absolute atomic E-state index is 0. The molecule has 0 amide bonds. The van der Waals surface area contributed by atoms with Crippen LogP contribution in [0.2, 0.25) is 0 Å². The van der Waals surface area contributed by atoms with Crippen LogP contribution in [0.4, 0.5) is 0 Å². The van der Waals surface area contributed by atoms with Gasteiger partial charge in [0.15, 0.2) is 0 Å². The van der Waals surface area contributed by atoms with Crippen LogP contribution in [0, 0.1) is 0 Å². The highest BCUT2D eigenvalue weighted by atomic mass is 35.6. The summed E-state index contributed by atoms with van der Waals surface area (Å²) in [4.78, 5) is 0. The molecule has 0 fully saturated rings. The molecule has 0 atom stereocenters. The van der Waals surface area contributed by atoms with E-state index in [1.807, 2.05) is 15.4 Å². The Labute approximate surface area is 37.0 Å². The van der Waals surface area contributed by atoms with Crippen molar-refractivity contribution in [2.75, 3.05) is 0 Å². The Kier molecular flexibility index (Phi) is 279. The van der Waals surface area contributed by atoms with Gasteiger partial charge in [-0.05, 0) is 0 Å². The minimum atomic E-state index is 0. The van der Waals surface area contributed by atoms with Gasteiger partial charge in [-0.15, -0.1) is 0 Å². The molecule has 2 radical (unpaired) electrons. The highest BCUT2D eigenvalue weighted by Gasteiger charge is 1.04. The van der Waals surface area contributed by atoms with Gasteiger partial charge in [0.05, 0.1) is 0 Å². The van der Waals surface area contributed by atoms with E-state index < -0.39 is 0 Å². The molecular weight excluding hydrogens is 94.4 g/mol. The van der Waals surface area contributed by atoms with Crippen molar-refractivity contribution in [1.29, 1.82) is 0 Å². The molecule has 0 rings (SSSR count). The van der Waals surface area contributed by atoms with Gasteiger partial charge in [-0.3, -0.25) is 10.0 Å². The quantitative estimate of drug-likeness (QED) is 0.337. The van der Waals surface area contributed by atoms with E-state index in [1.165, 1.54) is 0 Å². The lowest BCUT2D eigenvalue weighted by Gasteiger charge is -1.04. The summed E-state index contributed by atoms with van der Waals surface area (Å²) in [5.74, 6) is 0. The Balaban J connectivity index is -0.00000000500. The van der Waals surface area contributed by atoms with Crippen LogP contribution in [0.25, 0.3) is 0 Å². The lowest BCUT2D eigenvalue weighted by Crippen LogP contribution is -0.980. The second kappa shape index (κ2) is 51.1. The van der Waals surface area contributed by atoms with Gasteiger partial charge >= 0.3 is 0 Å². The van der Waals surface area contributed by atoms with Crippen LogP contribution in [0.15, 0.2) is 0 Å². The smallest absolute Gasteiger partial charge is 0.293 e. The molecular formula is H4AlClO2. The van der Waals surface area contributed by atoms with Gasteiger partial charge in [0, 0.05) is 0 Å². The van der Waals surface area contributed by atoms with Crippen LogP contribution in [-0.2, 0) is 0 Å². The van der Waals surface area contributed by atoms with Crippen molar-refractivity contribution in [3.05, 3.63) is 0 Å². The highest BCUT2D eigenvalue weighted by molar-refractivity contribution is 6.80. The first-order chi connectivity index (χ1) is 1.00. The molecule has 0 heterocycles. The normalized spacial score (nSPS) is 1.25. The average Bonchev–Trinajstić information content (AvgIpc) is 1.00. The molecule has 0 unspecified atom stereocenters. The van der Waals surface area contributed by atoms with Crippen molar-refractivity contribution in [1.82, 2.24) is 0 Å². The van der Waals surface area contributed by atoms with Crippen LogP contribution in [-0.4, -0.2) is 26.3 Å². The zero-order valence-corrected chi connectivity index (χ0v) is 3.87. The summed E-state index contributed by atoms with van der Waals surface area (Å²) in [6, 6.07) is 0. The average molecular weight is 98.5 g/mol. The second-order valence-corrected chi connectivity index (χ2v) is 0. The third-order valence-corrected chi connectivity index (χ3v) is 0. The van der Waals surface area contributed by atoms with Gasteiger partial charge in [-0.25, -0.2) is 0 Å². The van der Waals surface area contributed by atoms with Crippen molar-refractivity contribution in [3.8, 4) is 0 Å². The summed E-state index contributed by atoms with van der Waals surface area (Å²) >= 11 is 1.89. The van der Waals surface area contributed by atoms with E-state index in [-0.39, 0.29) is 11.0 Å². The van der Waals surface area contributed by atoms with Crippen LogP contribution in [0.3, 0.4) is 0 Å². The van der Waals surface area contributed by atoms with Crippen molar-refractivity contribution < 1.29 is 11.0 Å². The van der Waals surface area contributed by atoms with Gasteiger partial charge < -0.3 is 11.0 Å². The van der Waals surface area contributed by atoms with Gasteiger partial charge in [0.25, 0.3) is 15.4 Å². The largest absolute Gasteiger partial charge is 0.412 e. The first-order valence-electron chi connectivity index (χ1n) is 0.218. The zero-order valence-electron chi connectivity index (χ0n) is 1.96. The van der Waals surface area contributed by atoms with Crippen molar-refractivity contribution in [3.63, 3.8) is 0 Å². The SMILES string of the molecule is O.O.[Al][Cl]. The van der Waals surface area contributed by atoms with E-state index in [2.05, 4.69) is 10.0 Å². The lowest BCUT2D eigenvalue weighted by molar-refractivity contribution is 0.823. The van der Waals surface area contributed by atoms with Crippen molar-refractivity contribution >= 4 is 25.4 Å². The predicted molar refractivity (Wildman–Crippen MR) is 18.8 cm³/mol. The van der Waals surface area contributed by atoms with Crippen LogP contribution < -0.4 is 0 Å². The molecule has 0 aromatic rings. The Morgan fingerprint density at radius 3 is 1.00 bits per heavy atom. The van der Waals surface area contributed by atoms with Crippen molar-refractivity contribution in [2.24, 2.45) is 0 Å². The van der Waals surface area contributed by atoms with Gasteiger partial charge in [-0.2, -0.15) is 0 Å². The fraction of sp³-hybridized carbons (Fsp3) is 0. The van der Waals surface area contributed by atoms with Crippen molar-refractivity contribution in [2.45, 2.75) is 0 Å². The first-order valence-corrected chi connectivity index (χ1v) is 1.96. The Morgan fingerprint density at radius 2 is 1.00 bits per heavy atom. The Hall–Kier alpha value is 0.742. The van der Waals surface area contributed by atoms with Crippen LogP contribution in [0.1, 0.15) is 0 Å².